The Kier molecular flexibility index (Phi) is 6.15. The van der Waals surface area contributed by atoms with E-state index in [1.54, 1.807) is 6.92 Å². The molecule has 1 rings (SSSR count). The zero-order valence-corrected chi connectivity index (χ0v) is 13.9. The van der Waals surface area contributed by atoms with Crippen LogP contribution in [0, 0.1) is 6.92 Å². The topological polar surface area (TPSA) is 63.2 Å². The number of amides is 1. The van der Waals surface area contributed by atoms with Gasteiger partial charge in [0.05, 0.1) is 5.69 Å². The van der Waals surface area contributed by atoms with Crippen molar-refractivity contribution in [1.82, 2.24) is 15.6 Å². The highest BCUT2D eigenvalue weighted by Crippen LogP contribution is 2.19. The van der Waals surface area contributed by atoms with Gasteiger partial charge in [-0.3, -0.25) is 9.78 Å². The molecular weight excluding hydrogens is 266 g/mol. The van der Waals surface area contributed by atoms with Crippen LogP contribution in [0.3, 0.4) is 0 Å². The summed E-state index contributed by atoms with van der Waals surface area (Å²) in [5.74, 6) is 0.532. The molecule has 0 spiro atoms. The molecular formula is C16H27N3O2. The maximum atomic E-state index is 12.2. The van der Waals surface area contributed by atoms with Crippen molar-refractivity contribution in [2.24, 2.45) is 0 Å². The number of carbonyl (C=O) groups is 1. The van der Waals surface area contributed by atoms with Crippen LogP contribution in [-0.4, -0.2) is 29.6 Å². The lowest BCUT2D eigenvalue weighted by atomic mass is 10.0. The summed E-state index contributed by atoms with van der Waals surface area (Å²) in [7, 11) is 1.85. The van der Waals surface area contributed by atoms with Crippen LogP contribution < -0.4 is 15.4 Å². The molecule has 0 radical (unpaired) electrons. The number of hydrogen-bond acceptors (Lipinski definition) is 4. The number of ether oxygens (including phenoxy) is 1. The molecule has 0 aliphatic heterocycles. The average molecular weight is 293 g/mol. The van der Waals surface area contributed by atoms with E-state index in [0.717, 1.165) is 17.8 Å². The summed E-state index contributed by atoms with van der Waals surface area (Å²) >= 11 is 0. The minimum atomic E-state index is -0.559. The Hall–Kier alpha value is -1.62. The summed E-state index contributed by atoms with van der Waals surface area (Å²) in [5, 5.41) is 6.05. The van der Waals surface area contributed by atoms with Crippen molar-refractivity contribution in [3.05, 3.63) is 23.5 Å². The highest BCUT2D eigenvalue weighted by molar-refractivity contribution is 5.81. The Morgan fingerprint density at radius 3 is 2.67 bits per heavy atom. The van der Waals surface area contributed by atoms with Crippen molar-refractivity contribution in [3.8, 4) is 5.75 Å². The first-order valence-corrected chi connectivity index (χ1v) is 7.39. The normalized spacial score (nSPS) is 12.9. The van der Waals surface area contributed by atoms with Crippen molar-refractivity contribution in [2.75, 3.05) is 7.05 Å². The molecule has 0 aromatic carbocycles. The number of pyridine rings is 1. The molecule has 5 heteroatoms. The lowest BCUT2D eigenvalue weighted by Crippen LogP contribution is -2.48. The third-order valence-electron chi connectivity index (χ3n) is 3.43. The molecule has 0 aliphatic carbocycles. The van der Waals surface area contributed by atoms with E-state index >= 15 is 0 Å². The van der Waals surface area contributed by atoms with Gasteiger partial charge >= 0.3 is 0 Å². The number of hydrogen-bond donors (Lipinski definition) is 2. The number of carbonyl (C=O) groups excluding carboxylic acids is 1. The van der Waals surface area contributed by atoms with E-state index in [9.17, 15) is 4.79 Å². The molecule has 118 valence electrons. The summed E-state index contributed by atoms with van der Waals surface area (Å²) in [4.78, 5) is 16.6. The van der Waals surface area contributed by atoms with Gasteiger partial charge in [-0.05, 0) is 53.3 Å². The van der Waals surface area contributed by atoms with E-state index in [-0.39, 0.29) is 11.4 Å². The van der Waals surface area contributed by atoms with Gasteiger partial charge in [0.1, 0.15) is 5.75 Å². The van der Waals surface area contributed by atoms with Crippen LogP contribution in [0.15, 0.2) is 12.1 Å². The highest BCUT2D eigenvalue weighted by Gasteiger charge is 2.23. The summed E-state index contributed by atoms with van der Waals surface area (Å²) < 4.78 is 5.79. The van der Waals surface area contributed by atoms with Gasteiger partial charge in [-0.1, -0.05) is 6.92 Å². The Balaban J connectivity index is 2.78. The van der Waals surface area contributed by atoms with Crippen LogP contribution in [0.4, 0.5) is 0 Å². The van der Waals surface area contributed by atoms with Gasteiger partial charge < -0.3 is 15.4 Å². The van der Waals surface area contributed by atoms with E-state index in [1.807, 2.05) is 46.9 Å². The first-order valence-electron chi connectivity index (χ1n) is 7.39. The van der Waals surface area contributed by atoms with Crippen LogP contribution in [-0.2, 0) is 11.3 Å². The van der Waals surface area contributed by atoms with Crippen LogP contribution in [0.1, 0.15) is 45.5 Å². The first-order chi connectivity index (χ1) is 9.79. The van der Waals surface area contributed by atoms with Crippen molar-refractivity contribution >= 4 is 5.91 Å². The number of aryl methyl sites for hydroxylation is 1. The van der Waals surface area contributed by atoms with Crippen molar-refractivity contribution < 1.29 is 9.53 Å². The van der Waals surface area contributed by atoms with Crippen LogP contribution in [0.5, 0.6) is 5.75 Å². The number of nitrogens with one attached hydrogen (secondary N) is 2. The smallest absolute Gasteiger partial charge is 0.261 e. The molecule has 1 unspecified atom stereocenters. The van der Waals surface area contributed by atoms with Crippen LogP contribution in [0.25, 0.3) is 0 Å². The highest BCUT2D eigenvalue weighted by atomic mass is 16.5. The lowest BCUT2D eigenvalue weighted by Gasteiger charge is -2.27. The fourth-order valence-corrected chi connectivity index (χ4v) is 1.77. The predicted molar refractivity (Wildman–Crippen MR) is 84.3 cm³/mol. The molecule has 0 fully saturated rings. The summed E-state index contributed by atoms with van der Waals surface area (Å²) in [6.45, 7) is 10.3. The van der Waals surface area contributed by atoms with Crippen LogP contribution in [0.2, 0.25) is 0 Å². The Labute approximate surface area is 127 Å². The Bertz CT molecular complexity index is 486. The van der Waals surface area contributed by atoms with Crippen LogP contribution >= 0.6 is 0 Å². The van der Waals surface area contributed by atoms with E-state index in [2.05, 4.69) is 15.6 Å². The van der Waals surface area contributed by atoms with Crippen molar-refractivity contribution in [2.45, 2.75) is 59.2 Å². The molecule has 1 aromatic rings. The van der Waals surface area contributed by atoms with Gasteiger partial charge in [0.15, 0.2) is 6.10 Å². The molecule has 21 heavy (non-hydrogen) atoms. The molecule has 1 atom stereocenters. The molecule has 5 nitrogen and oxygen atoms in total. The Morgan fingerprint density at radius 2 is 2.10 bits per heavy atom. The predicted octanol–water partition coefficient (Wildman–Crippen LogP) is 2.18. The monoisotopic (exact) mass is 293 g/mol. The van der Waals surface area contributed by atoms with Crippen molar-refractivity contribution in [1.29, 1.82) is 0 Å². The summed E-state index contributed by atoms with van der Waals surface area (Å²) in [6, 6.07) is 3.75. The standard InChI is InChI=1S/C16H27N3O2/c1-7-16(4,5)19-15(20)12(3)21-14-9-8-11(2)18-13(14)10-17-6/h8-9,12,17H,7,10H2,1-6H3,(H,19,20). The third kappa shape index (κ3) is 5.34. The van der Waals surface area contributed by atoms with E-state index in [4.69, 9.17) is 4.74 Å². The summed E-state index contributed by atoms with van der Waals surface area (Å²) in [5.41, 5.74) is 1.51. The van der Waals surface area contributed by atoms with Gasteiger partial charge in [-0.2, -0.15) is 0 Å². The molecule has 1 amide bonds. The van der Waals surface area contributed by atoms with Gasteiger partial charge in [-0.25, -0.2) is 0 Å². The third-order valence-corrected chi connectivity index (χ3v) is 3.43. The minimum Gasteiger partial charge on any atom is -0.479 e. The molecule has 2 N–H and O–H groups in total. The number of nitrogens with zero attached hydrogens (tertiary/aromatic N) is 1. The second-order valence-corrected chi connectivity index (χ2v) is 5.91. The molecule has 1 heterocycles. The van der Waals surface area contributed by atoms with Gasteiger partial charge in [-0.15, -0.1) is 0 Å². The molecule has 0 saturated heterocycles. The quantitative estimate of drug-likeness (QED) is 0.809. The van der Waals surface area contributed by atoms with E-state index in [0.29, 0.717) is 12.3 Å². The first kappa shape index (κ1) is 17.4. The van der Waals surface area contributed by atoms with E-state index in [1.165, 1.54) is 0 Å². The average Bonchev–Trinajstić information content (AvgIpc) is 2.41. The fourth-order valence-electron chi connectivity index (χ4n) is 1.77. The minimum absolute atomic E-state index is 0.113. The zero-order valence-electron chi connectivity index (χ0n) is 13.9. The number of rotatable bonds is 7. The molecule has 1 aromatic heterocycles. The van der Waals surface area contributed by atoms with Gasteiger partial charge in [0.25, 0.3) is 5.91 Å². The Morgan fingerprint density at radius 1 is 1.43 bits per heavy atom. The second kappa shape index (κ2) is 7.41. The van der Waals surface area contributed by atoms with Crippen molar-refractivity contribution in [3.63, 3.8) is 0 Å². The fraction of sp³-hybridized carbons (Fsp3) is 0.625. The van der Waals surface area contributed by atoms with Gasteiger partial charge in [0.2, 0.25) is 0 Å². The SMILES string of the molecule is CCC(C)(C)NC(=O)C(C)Oc1ccc(C)nc1CNC. The zero-order chi connectivity index (χ0) is 16.0. The maximum Gasteiger partial charge on any atom is 0.261 e. The summed E-state index contributed by atoms with van der Waals surface area (Å²) in [6.07, 6.45) is 0.304. The lowest BCUT2D eigenvalue weighted by molar-refractivity contribution is -0.129. The molecule has 0 saturated carbocycles. The molecule has 0 bridgehead atoms. The second-order valence-electron chi connectivity index (χ2n) is 5.91. The van der Waals surface area contributed by atoms with Gasteiger partial charge in [0, 0.05) is 17.8 Å². The van der Waals surface area contributed by atoms with E-state index < -0.39 is 6.10 Å². The molecule has 0 aliphatic rings. The number of aromatic nitrogens is 1. The maximum absolute atomic E-state index is 12.2. The largest absolute Gasteiger partial charge is 0.479 e.